The fourth-order valence-electron chi connectivity index (χ4n) is 2.95. The van der Waals surface area contributed by atoms with Crippen LogP contribution in [-0.2, 0) is 6.18 Å². The first-order chi connectivity index (χ1) is 14.5. The molecular formula is C19H10Cl3F3N4O2. The summed E-state index contributed by atoms with van der Waals surface area (Å²) in [7, 11) is 0. The maximum atomic E-state index is 13.4. The zero-order valence-electron chi connectivity index (χ0n) is 15.4. The normalized spacial score (nSPS) is 12.5. The summed E-state index contributed by atoms with van der Waals surface area (Å²) in [5.41, 5.74) is -2.91. The molecule has 0 aliphatic rings. The van der Waals surface area contributed by atoms with Gasteiger partial charge in [-0.3, -0.25) is 9.78 Å². The third-order valence-electron chi connectivity index (χ3n) is 4.36. The van der Waals surface area contributed by atoms with E-state index in [-0.39, 0.29) is 32.4 Å². The SMILES string of the molecule is CC(C#N)c1c(Cl)cc(-n2ncc(=O)[nH]c2=O)c(-c2ccc(Cl)c(C(F)(F)F)c2)c1Cl. The molecule has 0 bridgehead atoms. The summed E-state index contributed by atoms with van der Waals surface area (Å²) in [5.74, 6) is -0.817. The Hall–Kier alpha value is -2.80. The molecule has 12 heteroatoms. The standard InChI is InChI=1S/C19H10Cl3F3N4O2/c1-8(6-26)15-12(21)5-13(29-18(31)28-14(30)7-27-29)16(17(15)22)9-2-3-11(20)10(4-9)19(23,24)25/h2-5,7-8H,1H3,(H,28,30,31). The van der Waals surface area contributed by atoms with Crippen LogP contribution in [0, 0.1) is 11.3 Å². The molecule has 3 aromatic rings. The van der Waals surface area contributed by atoms with Gasteiger partial charge in [0.05, 0.1) is 33.3 Å². The van der Waals surface area contributed by atoms with Gasteiger partial charge in [-0.05, 0) is 30.7 Å². The van der Waals surface area contributed by atoms with Gasteiger partial charge in [0.15, 0.2) is 0 Å². The Kier molecular flexibility index (Phi) is 6.18. The molecular weight excluding hydrogens is 480 g/mol. The summed E-state index contributed by atoms with van der Waals surface area (Å²) in [6.07, 6.45) is -3.95. The van der Waals surface area contributed by atoms with Gasteiger partial charge in [-0.2, -0.15) is 28.2 Å². The van der Waals surface area contributed by atoms with E-state index in [9.17, 15) is 28.0 Å². The summed E-state index contributed by atoms with van der Waals surface area (Å²) in [6.45, 7) is 1.50. The van der Waals surface area contributed by atoms with Crippen molar-refractivity contribution in [3.63, 3.8) is 0 Å². The van der Waals surface area contributed by atoms with Gasteiger partial charge in [-0.15, -0.1) is 0 Å². The molecule has 3 rings (SSSR count). The Morgan fingerprint density at radius 2 is 1.84 bits per heavy atom. The second-order valence-electron chi connectivity index (χ2n) is 6.37. The lowest BCUT2D eigenvalue weighted by molar-refractivity contribution is -0.137. The van der Waals surface area contributed by atoms with E-state index in [1.807, 2.05) is 11.1 Å². The molecule has 160 valence electrons. The first-order valence-electron chi connectivity index (χ1n) is 8.43. The number of nitrogens with zero attached hydrogens (tertiary/aromatic N) is 3. The number of hydrogen-bond acceptors (Lipinski definition) is 4. The van der Waals surface area contributed by atoms with Crippen LogP contribution in [0.3, 0.4) is 0 Å². The lowest BCUT2D eigenvalue weighted by atomic mass is 9.94. The number of nitriles is 1. The van der Waals surface area contributed by atoms with Crippen molar-refractivity contribution in [3.8, 4) is 22.9 Å². The van der Waals surface area contributed by atoms with Crippen molar-refractivity contribution >= 4 is 34.8 Å². The minimum absolute atomic E-state index is 0.0114. The minimum atomic E-state index is -4.76. The molecule has 0 aliphatic heterocycles. The van der Waals surface area contributed by atoms with Crippen molar-refractivity contribution < 1.29 is 13.2 Å². The third kappa shape index (κ3) is 4.32. The highest BCUT2D eigenvalue weighted by Crippen LogP contribution is 2.44. The van der Waals surface area contributed by atoms with Gasteiger partial charge in [0.25, 0.3) is 5.56 Å². The Balaban J connectivity index is 2.46. The van der Waals surface area contributed by atoms with Crippen molar-refractivity contribution in [2.45, 2.75) is 19.0 Å². The van der Waals surface area contributed by atoms with E-state index in [1.165, 1.54) is 19.1 Å². The number of nitrogens with one attached hydrogen (secondary N) is 1. The third-order valence-corrected chi connectivity index (χ3v) is 5.40. The van der Waals surface area contributed by atoms with Crippen molar-refractivity contribution in [1.82, 2.24) is 14.8 Å². The number of hydrogen-bond donors (Lipinski definition) is 1. The van der Waals surface area contributed by atoms with Crippen molar-refractivity contribution in [3.05, 3.63) is 77.5 Å². The van der Waals surface area contributed by atoms with Gasteiger partial charge in [0, 0.05) is 16.1 Å². The van der Waals surface area contributed by atoms with Gasteiger partial charge in [0.2, 0.25) is 0 Å². The number of benzene rings is 2. The van der Waals surface area contributed by atoms with E-state index in [0.717, 1.165) is 23.0 Å². The topological polar surface area (TPSA) is 91.5 Å². The van der Waals surface area contributed by atoms with Crippen molar-refractivity contribution in [2.75, 3.05) is 0 Å². The van der Waals surface area contributed by atoms with Crippen LogP contribution in [0.5, 0.6) is 0 Å². The molecule has 2 aromatic carbocycles. The lowest BCUT2D eigenvalue weighted by Gasteiger charge is -2.19. The van der Waals surface area contributed by atoms with Crippen LogP contribution in [0.1, 0.15) is 24.0 Å². The quantitative estimate of drug-likeness (QED) is 0.548. The smallest absolute Gasteiger partial charge is 0.271 e. The van der Waals surface area contributed by atoms with Crippen LogP contribution in [0.25, 0.3) is 16.8 Å². The van der Waals surface area contributed by atoms with E-state index in [4.69, 9.17) is 34.8 Å². The Morgan fingerprint density at radius 3 is 2.42 bits per heavy atom. The summed E-state index contributed by atoms with van der Waals surface area (Å²) in [4.78, 5) is 25.7. The minimum Gasteiger partial charge on any atom is -0.271 e. The predicted molar refractivity (Wildman–Crippen MR) is 110 cm³/mol. The molecule has 0 spiro atoms. The Morgan fingerprint density at radius 1 is 1.16 bits per heavy atom. The summed E-state index contributed by atoms with van der Waals surface area (Å²) >= 11 is 18.5. The fraction of sp³-hybridized carbons (Fsp3) is 0.158. The first kappa shape index (κ1) is 22.9. The monoisotopic (exact) mass is 488 g/mol. The molecule has 0 radical (unpaired) electrons. The largest absolute Gasteiger partial charge is 0.417 e. The van der Waals surface area contributed by atoms with E-state index >= 15 is 0 Å². The maximum Gasteiger partial charge on any atom is 0.417 e. The molecule has 0 saturated heterocycles. The summed E-state index contributed by atoms with van der Waals surface area (Å²) < 4.78 is 41.0. The van der Waals surface area contributed by atoms with Gasteiger partial charge < -0.3 is 0 Å². The molecule has 1 atom stereocenters. The van der Waals surface area contributed by atoms with Gasteiger partial charge >= 0.3 is 11.9 Å². The zero-order valence-corrected chi connectivity index (χ0v) is 17.7. The number of aromatic nitrogens is 3. The zero-order chi connectivity index (χ0) is 23.1. The average Bonchev–Trinajstić information content (AvgIpc) is 2.67. The molecule has 0 fully saturated rings. The van der Waals surface area contributed by atoms with Crippen molar-refractivity contribution in [1.29, 1.82) is 5.26 Å². The van der Waals surface area contributed by atoms with Crippen LogP contribution < -0.4 is 11.2 Å². The van der Waals surface area contributed by atoms with Gasteiger partial charge in [0.1, 0.15) is 6.20 Å². The molecule has 1 N–H and O–H groups in total. The maximum absolute atomic E-state index is 13.4. The van der Waals surface area contributed by atoms with Crippen LogP contribution in [0.2, 0.25) is 15.1 Å². The van der Waals surface area contributed by atoms with E-state index in [1.54, 1.807) is 0 Å². The molecule has 1 unspecified atom stereocenters. The molecule has 6 nitrogen and oxygen atoms in total. The number of alkyl halides is 3. The van der Waals surface area contributed by atoms with Crippen LogP contribution in [0.15, 0.2) is 40.1 Å². The van der Waals surface area contributed by atoms with Crippen LogP contribution in [0.4, 0.5) is 13.2 Å². The highest BCUT2D eigenvalue weighted by Gasteiger charge is 2.34. The number of aromatic amines is 1. The average molecular weight is 490 g/mol. The second kappa shape index (κ2) is 8.38. The second-order valence-corrected chi connectivity index (χ2v) is 7.57. The van der Waals surface area contributed by atoms with E-state index in [2.05, 4.69) is 5.10 Å². The summed E-state index contributed by atoms with van der Waals surface area (Å²) in [5, 5.41) is 12.3. The Labute approximate surface area is 187 Å². The molecule has 0 amide bonds. The van der Waals surface area contributed by atoms with E-state index in [0.29, 0.717) is 0 Å². The number of H-pyrrole nitrogens is 1. The van der Waals surface area contributed by atoms with Gasteiger partial charge in [-0.1, -0.05) is 40.9 Å². The molecule has 1 heterocycles. The predicted octanol–water partition coefficient (Wildman–Crippen LogP) is 5.19. The van der Waals surface area contributed by atoms with Crippen LogP contribution >= 0.6 is 34.8 Å². The number of halogens is 6. The Bertz CT molecular complexity index is 1340. The summed E-state index contributed by atoms with van der Waals surface area (Å²) in [6, 6.07) is 6.27. The molecule has 0 aliphatic carbocycles. The van der Waals surface area contributed by atoms with Gasteiger partial charge in [-0.25, -0.2) is 4.79 Å². The van der Waals surface area contributed by atoms with E-state index < -0.39 is 33.9 Å². The highest BCUT2D eigenvalue weighted by atomic mass is 35.5. The number of rotatable bonds is 3. The molecule has 31 heavy (non-hydrogen) atoms. The van der Waals surface area contributed by atoms with Crippen molar-refractivity contribution in [2.24, 2.45) is 0 Å². The molecule has 1 aromatic heterocycles. The lowest BCUT2D eigenvalue weighted by Crippen LogP contribution is -2.30. The van der Waals surface area contributed by atoms with Crippen LogP contribution in [-0.4, -0.2) is 14.8 Å². The highest BCUT2D eigenvalue weighted by molar-refractivity contribution is 6.38. The first-order valence-corrected chi connectivity index (χ1v) is 9.56. The molecule has 0 saturated carbocycles. The fourth-order valence-corrected chi connectivity index (χ4v) is 4.05.